The van der Waals surface area contributed by atoms with Gasteiger partial charge in [-0.3, -0.25) is 9.78 Å². The van der Waals surface area contributed by atoms with Crippen molar-refractivity contribution in [1.29, 1.82) is 0 Å². The molecule has 0 aliphatic rings. The lowest BCUT2D eigenvalue weighted by molar-refractivity contribution is -0.115. The van der Waals surface area contributed by atoms with E-state index in [0.29, 0.717) is 6.42 Å². The van der Waals surface area contributed by atoms with Gasteiger partial charge >= 0.3 is 0 Å². The molecular weight excluding hydrogens is 240 g/mol. The Balaban J connectivity index is 2.03. The van der Waals surface area contributed by atoms with Crippen LogP contribution in [0, 0.1) is 6.92 Å². The Morgan fingerprint density at radius 3 is 2.95 bits per heavy atom. The molecule has 1 aromatic heterocycles. The minimum Gasteiger partial charge on any atom is -0.497 e. The maximum absolute atomic E-state index is 12.0. The Morgan fingerprint density at radius 1 is 1.37 bits per heavy atom. The predicted octanol–water partition coefficient (Wildman–Crippen LogP) is 2.58. The molecule has 0 spiro atoms. The number of carbonyl (C=O) groups excluding carboxylic acids is 1. The van der Waals surface area contributed by atoms with Gasteiger partial charge in [-0.15, -0.1) is 0 Å². The van der Waals surface area contributed by atoms with E-state index in [1.165, 1.54) is 0 Å². The molecule has 1 N–H and O–H groups in total. The van der Waals surface area contributed by atoms with Gasteiger partial charge in [0.25, 0.3) is 0 Å². The van der Waals surface area contributed by atoms with E-state index < -0.39 is 0 Å². The van der Waals surface area contributed by atoms with Crippen LogP contribution in [0.3, 0.4) is 0 Å². The van der Waals surface area contributed by atoms with Crippen LogP contribution in [0.2, 0.25) is 0 Å². The first-order valence-corrected chi connectivity index (χ1v) is 6.02. The summed E-state index contributed by atoms with van der Waals surface area (Å²) in [5.74, 6) is 0.687. The van der Waals surface area contributed by atoms with Crippen molar-refractivity contribution in [3.05, 3.63) is 53.9 Å². The lowest BCUT2D eigenvalue weighted by Crippen LogP contribution is -2.15. The average Bonchev–Trinajstić information content (AvgIpc) is 2.41. The molecule has 0 fully saturated rings. The molecule has 0 aliphatic carbocycles. The van der Waals surface area contributed by atoms with Crippen molar-refractivity contribution in [3.8, 4) is 5.75 Å². The second kappa shape index (κ2) is 6.00. The summed E-state index contributed by atoms with van der Waals surface area (Å²) < 4.78 is 5.13. The summed E-state index contributed by atoms with van der Waals surface area (Å²) in [6, 6.07) is 9.35. The highest BCUT2D eigenvalue weighted by Gasteiger charge is 2.06. The maximum Gasteiger partial charge on any atom is 0.228 e. The van der Waals surface area contributed by atoms with E-state index >= 15 is 0 Å². The van der Waals surface area contributed by atoms with E-state index in [4.69, 9.17) is 4.74 Å². The third kappa shape index (κ3) is 3.55. The number of rotatable bonds is 4. The zero-order chi connectivity index (χ0) is 13.7. The minimum atomic E-state index is -0.0654. The van der Waals surface area contributed by atoms with Crippen molar-refractivity contribution >= 4 is 11.6 Å². The van der Waals surface area contributed by atoms with Gasteiger partial charge in [0.1, 0.15) is 5.75 Å². The number of hydrogen-bond acceptors (Lipinski definition) is 3. The molecule has 0 aliphatic heterocycles. The molecule has 0 atom stereocenters. The van der Waals surface area contributed by atoms with Crippen LogP contribution < -0.4 is 10.1 Å². The van der Waals surface area contributed by atoms with Crippen LogP contribution in [-0.4, -0.2) is 18.0 Å². The highest BCUT2D eigenvalue weighted by atomic mass is 16.5. The van der Waals surface area contributed by atoms with Crippen LogP contribution in [0.1, 0.15) is 11.1 Å². The van der Waals surface area contributed by atoms with Crippen LogP contribution in [0.25, 0.3) is 0 Å². The summed E-state index contributed by atoms with van der Waals surface area (Å²) in [6.45, 7) is 1.93. The van der Waals surface area contributed by atoms with Crippen LogP contribution in [0.15, 0.2) is 42.7 Å². The van der Waals surface area contributed by atoms with E-state index in [1.54, 1.807) is 19.5 Å². The topological polar surface area (TPSA) is 51.2 Å². The Hall–Kier alpha value is -2.36. The van der Waals surface area contributed by atoms with Gasteiger partial charge in [0.05, 0.1) is 25.4 Å². The summed E-state index contributed by atoms with van der Waals surface area (Å²) >= 11 is 0. The van der Waals surface area contributed by atoms with Gasteiger partial charge in [0.15, 0.2) is 0 Å². The molecular formula is C15H16N2O2. The number of pyridine rings is 1. The van der Waals surface area contributed by atoms with Gasteiger partial charge in [-0.05, 0) is 36.2 Å². The molecule has 0 radical (unpaired) electrons. The molecule has 19 heavy (non-hydrogen) atoms. The Kier molecular flexibility index (Phi) is 4.13. The fourth-order valence-corrected chi connectivity index (χ4v) is 1.76. The van der Waals surface area contributed by atoms with Crippen molar-refractivity contribution in [2.75, 3.05) is 12.4 Å². The van der Waals surface area contributed by atoms with Gasteiger partial charge in [-0.1, -0.05) is 12.1 Å². The number of nitrogens with one attached hydrogen (secondary N) is 1. The van der Waals surface area contributed by atoms with E-state index in [1.807, 2.05) is 37.3 Å². The maximum atomic E-state index is 12.0. The van der Waals surface area contributed by atoms with Crippen molar-refractivity contribution in [1.82, 2.24) is 4.98 Å². The highest BCUT2D eigenvalue weighted by molar-refractivity contribution is 5.92. The quantitative estimate of drug-likeness (QED) is 0.914. The second-order valence-corrected chi connectivity index (χ2v) is 4.27. The minimum absolute atomic E-state index is 0.0654. The summed E-state index contributed by atoms with van der Waals surface area (Å²) in [5.41, 5.74) is 2.66. The van der Waals surface area contributed by atoms with Crippen LogP contribution >= 0.6 is 0 Å². The fourth-order valence-electron chi connectivity index (χ4n) is 1.76. The third-order valence-electron chi connectivity index (χ3n) is 2.81. The first-order chi connectivity index (χ1) is 9.19. The average molecular weight is 256 g/mol. The Bertz CT molecular complexity index is 582. The van der Waals surface area contributed by atoms with E-state index in [2.05, 4.69) is 10.3 Å². The number of hydrogen-bond donors (Lipinski definition) is 1. The zero-order valence-corrected chi connectivity index (χ0v) is 11.0. The van der Waals surface area contributed by atoms with Crippen molar-refractivity contribution in [3.63, 3.8) is 0 Å². The summed E-state index contributed by atoms with van der Waals surface area (Å²) in [7, 11) is 1.61. The standard InChI is InChI=1S/C15H16N2O2/c1-11-6-7-16-10-14(11)17-15(18)9-12-4-3-5-13(8-12)19-2/h3-8,10H,9H2,1-2H3,(H,17,18). The predicted molar refractivity (Wildman–Crippen MR) is 74.3 cm³/mol. The SMILES string of the molecule is COc1cccc(CC(=O)Nc2cnccc2C)c1. The smallest absolute Gasteiger partial charge is 0.228 e. The number of nitrogens with zero attached hydrogens (tertiary/aromatic N) is 1. The molecule has 2 aromatic rings. The highest BCUT2D eigenvalue weighted by Crippen LogP contribution is 2.15. The zero-order valence-electron chi connectivity index (χ0n) is 11.0. The molecule has 0 saturated heterocycles. The molecule has 0 bridgehead atoms. The van der Waals surface area contributed by atoms with Gasteiger partial charge in [-0.25, -0.2) is 0 Å². The van der Waals surface area contributed by atoms with E-state index in [0.717, 1.165) is 22.6 Å². The molecule has 4 heteroatoms. The normalized spacial score (nSPS) is 10.0. The van der Waals surface area contributed by atoms with Crippen molar-refractivity contribution < 1.29 is 9.53 Å². The first-order valence-electron chi connectivity index (χ1n) is 6.02. The monoisotopic (exact) mass is 256 g/mol. The Labute approximate surface area is 112 Å². The van der Waals surface area contributed by atoms with Gasteiger partial charge in [-0.2, -0.15) is 0 Å². The molecule has 1 aromatic carbocycles. The molecule has 1 amide bonds. The number of aromatic nitrogens is 1. The van der Waals surface area contributed by atoms with Crippen molar-refractivity contribution in [2.24, 2.45) is 0 Å². The molecule has 0 unspecified atom stereocenters. The number of ether oxygens (including phenoxy) is 1. The third-order valence-corrected chi connectivity index (χ3v) is 2.81. The summed E-state index contributed by atoms with van der Waals surface area (Å²) in [5, 5.41) is 2.85. The lowest BCUT2D eigenvalue weighted by atomic mass is 10.1. The van der Waals surface area contributed by atoms with Crippen molar-refractivity contribution in [2.45, 2.75) is 13.3 Å². The first kappa shape index (κ1) is 13.1. The summed E-state index contributed by atoms with van der Waals surface area (Å²) in [6.07, 6.45) is 3.66. The number of anilines is 1. The van der Waals surface area contributed by atoms with E-state index in [9.17, 15) is 4.79 Å². The number of benzene rings is 1. The fraction of sp³-hybridized carbons (Fsp3) is 0.200. The second-order valence-electron chi connectivity index (χ2n) is 4.27. The van der Waals surface area contributed by atoms with E-state index in [-0.39, 0.29) is 5.91 Å². The van der Waals surface area contributed by atoms with Crippen LogP contribution in [0.4, 0.5) is 5.69 Å². The molecule has 0 saturated carbocycles. The Morgan fingerprint density at radius 2 is 2.21 bits per heavy atom. The lowest BCUT2D eigenvalue weighted by Gasteiger charge is -2.08. The summed E-state index contributed by atoms with van der Waals surface area (Å²) in [4.78, 5) is 16.0. The number of methoxy groups -OCH3 is 1. The number of amides is 1. The molecule has 1 heterocycles. The number of aryl methyl sites for hydroxylation is 1. The molecule has 98 valence electrons. The van der Waals surface area contributed by atoms with Gasteiger partial charge < -0.3 is 10.1 Å². The number of carbonyl (C=O) groups is 1. The molecule has 2 rings (SSSR count). The van der Waals surface area contributed by atoms with Gasteiger partial charge in [0.2, 0.25) is 5.91 Å². The molecule has 4 nitrogen and oxygen atoms in total. The van der Waals surface area contributed by atoms with Crippen LogP contribution in [-0.2, 0) is 11.2 Å². The van der Waals surface area contributed by atoms with Gasteiger partial charge in [0, 0.05) is 6.20 Å². The van der Waals surface area contributed by atoms with Crippen LogP contribution in [0.5, 0.6) is 5.75 Å². The largest absolute Gasteiger partial charge is 0.497 e.